The molecule has 6 N–H and O–H groups in total. The number of carbonyl (C=O) groups excluding carboxylic acids is 3. The van der Waals surface area contributed by atoms with E-state index in [2.05, 4.69) is 52.9 Å². The molecule has 3 aromatic carbocycles. The molecule has 732 valence electrons. The molecule has 0 unspecified atom stereocenters. The fraction of sp³-hybridized carbons (Fsp3) is 0.303. The monoisotopic (exact) mass is 2150 g/mol. The molecule has 9 aromatic heterocycles. The topological polar surface area (TPSA) is 363 Å². The zero-order valence-corrected chi connectivity index (χ0v) is 87.5. The molecule has 42 heteroatoms. The first-order valence-corrected chi connectivity index (χ1v) is 48.4. The summed E-state index contributed by atoms with van der Waals surface area (Å²) in [6, 6.07) is 14.4. The highest BCUT2D eigenvalue weighted by Crippen LogP contribution is 2.52. The van der Waals surface area contributed by atoms with Crippen LogP contribution in [0.15, 0.2) is 107 Å². The molecule has 27 nitrogen and oxygen atoms in total. The number of aromatic nitrogens is 9. The number of carbonyl (C=O) groups is 3. The van der Waals surface area contributed by atoms with Crippen LogP contribution in [0.2, 0.25) is 60.3 Å². The van der Waals surface area contributed by atoms with Gasteiger partial charge in [-0.1, -0.05) is 200 Å². The molecule has 12 aromatic rings. The summed E-state index contributed by atoms with van der Waals surface area (Å²) in [5.74, 6) is -4.08. The quantitative estimate of drug-likeness (QED) is 0.0371. The van der Waals surface area contributed by atoms with Crippen molar-refractivity contribution in [3.8, 4) is 69.0 Å². The number of nitriles is 3. The summed E-state index contributed by atoms with van der Waals surface area (Å²) in [4.78, 5) is 121. The van der Waals surface area contributed by atoms with Gasteiger partial charge in [0.05, 0.1) is 152 Å². The fourth-order valence-electron chi connectivity index (χ4n) is 18.9. The van der Waals surface area contributed by atoms with Gasteiger partial charge in [-0.3, -0.25) is 57.4 Å². The number of nitrogens with two attached hydrogens (primary N) is 3. The minimum absolute atomic E-state index is 0.00921. The Labute approximate surface area is 869 Å². The number of amides is 3. The Bertz CT molecular complexity index is 6860. The number of halogens is 15. The van der Waals surface area contributed by atoms with Gasteiger partial charge in [0.25, 0.3) is 16.7 Å². The largest absolute Gasteiger partial charge is 0.397 e. The molecule has 3 aliphatic heterocycles. The number of piperazine rings is 3. The van der Waals surface area contributed by atoms with Crippen LogP contribution >= 0.6 is 139 Å². The Kier molecular flexibility index (Phi) is 31.9. The van der Waals surface area contributed by atoms with Crippen LogP contribution in [-0.4, -0.2) is 152 Å². The summed E-state index contributed by atoms with van der Waals surface area (Å²) >= 11 is 76.8. The standard InChI is InChI=1S/3C33H30Cl4FN7O2/c2*1-7-21(46)44-16(5)12-43(13-17(44)6)31-18-10-20(34)29(22-26(38)24(36)23(35)25(37)27(22)40)42-32(18)45(33(47)19(31)11-39)30-15(4)8-9-41-28(30)14(2)3;1-7-21(46)44-16(5)12-43(13-17(44)6)31-18-10-20(34)29(22-23(35)24(36)26(38)25(37)27(22)40)42-32(18)45(33(47)19(31)11-39)30-15(4)8-9-41-28(30)14(2)3/h3*7-10,14,16-17H,1,12-13,40H2,2-6H3/t3*16-,17+. The van der Waals surface area contributed by atoms with Gasteiger partial charge >= 0.3 is 0 Å². The lowest BCUT2D eigenvalue weighted by Gasteiger charge is -2.45. The van der Waals surface area contributed by atoms with Crippen LogP contribution in [0.1, 0.15) is 151 Å². The van der Waals surface area contributed by atoms with E-state index in [1.165, 1.54) is 44.1 Å². The molecular formula is C99H90Cl12F3N21O6. The number of hydrogen-bond acceptors (Lipinski definition) is 21. The normalized spacial score (nSPS) is 16.6. The number of rotatable bonds is 15. The molecule has 3 saturated heterocycles. The number of benzene rings is 3. The second-order valence-corrected chi connectivity index (χ2v) is 40.0. The van der Waals surface area contributed by atoms with Crippen LogP contribution in [-0.2, 0) is 14.4 Å². The van der Waals surface area contributed by atoms with Crippen molar-refractivity contribution in [3.63, 3.8) is 0 Å². The molecular weight excluding hydrogens is 2060 g/mol. The number of aryl methyl sites for hydroxylation is 3. The second-order valence-electron chi connectivity index (χ2n) is 35.3. The summed E-state index contributed by atoms with van der Waals surface area (Å²) in [7, 11) is 0. The highest BCUT2D eigenvalue weighted by molar-refractivity contribution is 6.51. The average molecular weight is 2150 g/mol. The maximum absolute atomic E-state index is 15.8. The van der Waals surface area contributed by atoms with Crippen LogP contribution in [0, 0.1) is 72.2 Å². The van der Waals surface area contributed by atoms with E-state index >= 15 is 8.78 Å². The van der Waals surface area contributed by atoms with Gasteiger partial charge < -0.3 is 46.6 Å². The summed E-state index contributed by atoms with van der Waals surface area (Å²) in [5.41, 5.74) is 20.8. The molecule has 3 fully saturated rings. The third-order valence-electron chi connectivity index (χ3n) is 25.0. The summed E-state index contributed by atoms with van der Waals surface area (Å²) in [6.45, 7) is 40.8. The Balaban J connectivity index is 0.000000178. The van der Waals surface area contributed by atoms with Crippen molar-refractivity contribution >= 4 is 224 Å². The third-order valence-corrected chi connectivity index (χ3v) is 29.7. The lowest BCUT2D eigenvalue weighted by Crippen LogP contribution is -2.58. The average Bonchev–Trinajstić information content (AvgIpc) is 0.725. The van der Waals surface area contributed by atoms with Crippen molar-refractivity contribution in [1.29, 1.82) is 15.8 Å². The Morgan fingerprint density at radius 3 is 0.865 bits per heavy atom. The van der Waals surface area contributed by atoms with E-state index in [4.69, 9.17) is 171 Å². The Morgan fingerprint density at radius 1 is 0.383 bits per heavy atom. The van der Waals surface area contributed by atoms with Gasteiger partial charge in [-0.2, -0.15) is 15.8 Å². The molecule has 6 atom stereocenters. The predicted molar refractivity (Wildman–Crippen MR) is 560 cm³/mol. The van der Waals surface area contributed by atoms with Gasteiger partial charge in [-0.25, -0.2) is 28.1 Å². The van der Waals surface area contributed by atoms with Crippen LogP contribution in [0.5, 0.6) is 0 Å². The summed E-state index contributed by atoms with van der Waals surface area (Å²) in [5, 5.41) is 29.5. The molecule has 12 heterocycles. The van der Waals surface area contributed by atoms with Gasteiger partial charge in [-0.15, -0.1) is 0 Å². The van der Waals surface area contributed by atoms with Gasteiger partial charge in [0.1, 0.15) is 56.9 Å². The van der Waals surface area contributed by atoms with Crippen molar-refractivity contribution in [3.05, 3.63) is 252 Å². The van der Waals surface area contributed by atoms with Crippen molar-refractivity contribution in [1.82, 2.24) is 58.3 Å². The van der Waals surface area contributed by atoms with Gasteiger partial charge in [0.15, 0.2) is 17.5 Å². The molecule has 0 bridgehead atoms. The lowest BCUT2D eigenvalue weighted by atomic mass is 10.0. The number of nitrogen functional groups attached to an aromatic ring is 3. The number of anilines is 6. The van der Waals surface area contributed by atoms with Gasteiger partial charge in [0, 0.05) is 116 Å². The SMILES string of the molecule is C=CC(=O)N1[C@H](C)CN(c2c(C#N)c(=O)n(-c3c(C)ccnc3C(C)C)c3nc(-c4c(N)c(Cl)c(Cl)c(Cl)c4F)c(Cl)cc23)C[C@@H]1C.C=CC(=O)N1[C@H](C)CN(c2c(C#N)c(=O)n(-c3c(C)ccnc3C(C)C)c3nc(-c4c(N)c(Cl)c(Cl)c(Cl)c4F)c(Cl)cc23)C[C@@H]1C.C=CC(=O)N1[C@H](C)CN(c2c(C#N)c(=O)n(-c3c(C)ccnc3C(C)C)c3nc(-c4c(N)c(Cl)c(F)c(Cl)c4Cl)c(Cl)cc23)C[C@@H]1C. The van der Waals surface area contributed by atoms with E-state index in [1.54, 1.807) is 57.6 Å². The highest BCUT2D eigenvalue weighted by Gasteiger charge is 2.42. The van der Waals surface area contributed by atoms with Gasteiger partial charge in [0.2, 0.25) is 17.7 Å². The zero-order valence-electron chi connectivity index (χ0n) is 78.4. The zero-order chi connectivity index (χ0) is 104. The first kappa shape index (κ1) is 107. The van der Waals surface area contributed by atoms with Crippen LogP contribution in [0.4, 0.5) is 47.3 Å². The van der Waals surface area contributed by atoms with Crippen LogP contribution in [0.25, 0.3) is 83.9 Å². The van der Waals surface area contributed by atoms with Crippen molar-refractivity contribution in [2.24, 2.45) is 0 Å². The summed E-state index contributed by atoms with van der Waals surface area (Å²) < 4.78 is 50.3. The molecule has 3 aliphatic rings. The number of hydrogen-bond donors (Lipinski definition) is 3. The van der Waals surface area contributed by atoms with Crippen molar-refractivity contribution in [2.75, 3.05) is 71.2 Å². The first-order chi connectivity index (χ1) is 66.5. The molecule has 0 radical (unpaired) electrons. The minimum atomic E-state index is -1.00. The van der Waals surface area contributed by atoms with Crippen molar-refractivity contribution in [2.45, 2.75) is 158 Å². The number of pyridine rings is 9. The first-order valence-electron chi connectivity index (χ1n) is 43.9. The fourth-order valence-corrected chi connectivity index (χ4v) is 21.5. The molecule has 15 rings (SSSR count). The lowest BCUT2D eigenvalue weighted by molar-refractivity contribution is -0.131. The highest BCUT2D eigenvalue weighted by atomic mass is 35.5. The smallest absolute Gasteiger partial charge is 0.276 e. The van der Waals surface area contributed by atoms with E-state index < -0.39 is 54.2 Å². The molecule has 0 spiro atoms. The Hall–Kier alpha value is -11.6. The molecule has 0 aliphatic carbocycles. The Morgan fingerprint density at radius 2 is 0.624 bits per heavy atom. The summed E-state index contributed by atoms with van der Waals surface area (Å²) in [6.07, 6.45) is 8.70. The third kappa shape index (κ3) is 18.8. The van der Waals surface area contributed by atoms with E-state index in [-0.39, 0.29) is 234 Å². The van der Waals surface area contributed by atoms with E-state index in [0.29, 0.717) is 85.8 Å². The van der Waals surface area contributed by atoms with E-state index in [0.717, 1.165) is 0 Å². The van der Waals surface area contributed by atoms with Crippen LogP contribution in [0.3, 0.4) is 0 Å². The maximum atomic E-state index is 15.8. The van der Waals surface area contributed by atoms with E-state index in [9.17, 15) is 48.9 Å². The van der Waals surface area contributed by atoms with E-state index in [1.807, 2.05) is 119 Å². The molecule has 141 heavy (non-hydrogen) atoms. The van der Waals surface area contributed by atoms with Crippen LogP contribution < -0.4 is 48.6 Å². The molecule has 0 saturated carbocycles. The predicted octanol–water partition coefficient (Wildman–Crippen LogP) is 23.1. The van der Waals surface area contributed by atoms with Crippen molar-refractivity contribution < 1.29 is 27.6 Å². The number of fused-ring (bicyclic) bond motifs is 3. The second kappa shape index (κ2) is 42.1. The molecule has 3 amide bonds. The number of nitrogens with zero attached hydrogens (tertiary/aromatic N) is 18. The minimum Gasteiger partial charge on any atom is -0.397 e. The van der Waals surface area contributed by atoms with Gasteiger partial charge in [-0.05, 0) is 151 Å². The maximum Gasteiger partial charge on any atom is 0.276 e.